The number of ether oxygens (including phenoxy) is 1. The maximum atomic E-state index is 6.06. The summed E-state index contributed by atoms with van der Waals surface area (Å²) in [5.41, 5.74) is 1.15. The average molecular weight is 334 g/mol. The van der Waals surface area contributed by atoms with Gasteiger partial charge in [-0.15, -0.1) is 22.0 Å². The summed E-state index contributed by atoms with van der Waals surface area (Å²) in [6.07, 6.45) is 5.15. The zero-order valence-corrected chi connectivity index (χ0v) is 14.1. The predicted octanol–water partition coefficient (Wildman–Crippen LogP) is 2.52. The molecule has 0 amide bonds. The Balaban J connectivity index is 1.28. The number of nitrogens with zero attached hydrogens (tertiary/aromatic N) is 4. The molecule has 0 radical (unpaired) electrons. The highest BCUT2D eigenvalue weighted by atomic mass is 32.2. The first-order valence-corrected chi connectivity index (χ1v) is 9.22. The number of thioether (sulfide) groups is 1. The third-order valence-electron chi connectivity index (χ3n) is 4.13. The maximum absolute atomic E-state index is 6.06. The van der Waals surface area contributed by atoms with Crippen LogP contribution in [-0.2, 0) is 11.3 Å². The summed E-state index contributed by atoms with van der Waals surface area (Å²) in [6, 6.07) is 4.02. The second-order valence-corrected chi connectivity index (χ2v) is 8.60. The molecule has 7 heteroatoms. The van der Waals surface area contributed by atoms with E-state index in [0.29, 0.717) is 17.5 Å². The molecule has 22 heavy (non-hydrogen) atoms. The lowest BCUT2D eigenvalue weighted by molar-refractivity contribution is 0.0476. The molecule has 0 N–H and O–H groups in total. The van der Waals surface area contributed by atoms with Crippen LogP contribution in [0, 0.1) is 6.92 Å². The molecule has 0 saturated carbocycles. The largest absolute Gasteiger partial charge is 0.373 e. The fourth-order valence-electron chi connectivity index (χ4n) is 3.03. The fourth-order valence-corrected chi connectivity index (χ4v) is 5.26. The standard InChI is InChI=1S/C15H18N4OS2/c1-11-17-18-14(22-11)19-9-15(10-19)5-13(8-21-15)20-7-12-3-2-4-16-6-12/h2-4,6,13H,5,7-10H2,1H3. The lowest BCUT2D eigenvalue weighted by Crippen LogP contribution is -2.59. The quantitative estimate of drug-likeness (QED) is 0.856. The van der Waals surface area contributed by atoms with E-state index in [-0.39, 0.29) is 0 Å². The van der Waals surface area contributed by atoms with Crippen LogP contribution in [0.1, 0.15) is 17.0 Å². The SMILES string of the molecule is Cc1nnc(N2CC3(CC(OCc4cccnc4)CS3)C2)s1. The van der Waals surface area contributed by atoms with Gasteiger partial charge in [0.2, 0.25) is 5.13 Å². The van der Waals surface area contributed by atoms with Crippen molar-refractivity contribution in [1.29, 1.82) is 0 Å². The van der Waals surface area contributed by atoms with Crippen molar-refractivity contribution in [3.63, 3.8) is 0 Å². The molecule has 1 atom stereocenters. The van der Waals surface area contributed by atoms with Gasteiger partial charge in [-0.05, 0) is 25.0 Å². The van der Waals surface area contributed by atoms with E-state index in [0.717, 1.165) is 41.0 Å². The Bertz CT molecular complexity index is 642. The smallest absolute Gasteiger partial charge is 0.208 e. The Labute approximate surface area is 138 Å². The van der Waals surface area contributed by atoms with Gasteiger partial charge in [0.15, 0.2) is 0 Å². The van der Waals surface area contributed by atoms with Gasteiger partial charge in [0, 0.05) is 31.2 Å². The molecular weight excluding hydrogens is 316 g/mol. The highest BCUT2D eigenvalue weighted by Gasteiger charge is 2.50. The minimum Gasteiger partial charge on any atom is -0.373 e. The summed E-state index contributed by atoms with van der Waals surface area (Å²) in [7, 11) is 0. The van der Waals surface area contributed by atoms with Crippen molar-refractivity contribution in [3.8, 4) is 0 Å². The van der Waals surface area contributed by atoms with Gasteiger partial charge in [-0.1, -0.05) is 17.4 Å². The van der Waals surface area contributed by atoms with Gasteiger partial charge in [0.05, 0.1) is 17.5 Å². The summed E-state index contributed by atoms with van der Waals surface area (Å²) < 4.78 is 6.42. The summed E-state index contributed by atoms with van der Waals surface area (Å²) >= 11 is 3.73. The number of hydrogen-bond acceptors (Lipinski definition) is 7. The molecule has 0 aliphatic carbocycles. The number of aryl methyl sites for hydroxylation is 1. The molecule has 1 unspecified atom stereocenters. The molecule has 4 rings (SSSR count). The van der Waals surface area contributed by atoms with Gasteiger partial charge < -0.3 is 9.64 Å². The lowest BCUT2D eigenvalue weighted by atomic mass is 9.93. The highest BCUT2D eigenvalue weighted by Crippen LogP contribution is 2.47. The third-order valence-corrected chi connectivity index (χ3v) is 6.60. The molecule has 2 aromatic rings. The van der Waals surface area contributed by atoms with E-state index in [4.69, 9.17) is 4.74 Å². The van der Waals surface area contributed by atoms with Gasteiger partial charge in [0.1, 0.15) is 5.01 Å². The number of aromatic nitrogens is 3. The van der Waals surface area contributed by atoms with Gasteiger partial charge in [-0.3, -0.25) is 4.98 Å². The zero-order valence-electron chi connectivity index (χ0n) is 12.4. The minimum absolute atomic E-state index is 0.350. The Hall–Kier alpha value is -1.18. The van der Waals surface area contributed by atoms with E-state index in [1.807, 2.05) is 19.2 Å². The third kappa shape index (κ3) is 2.85. The van der Waals surface area contributed by atoms with E-state index < -0.39 is 0 Å². The molecule has 5 nitrogen and oxygen atoms in total. The first kappa shape index (κ1) is 14.4. The summed E-state index contributed by atoms with van der Waals surface area (Å²) in [5, 5.41) is 10.4. The average Bonchev–Trinajstić information content (AvgIpc) is 3.11. The number of hydrogen-bond donors (Lipinski definition) is 0. The van der Waals surface area contributed by atoms with Crippen LogP contribution in [0.15, 0.2) is 24.5 Å². The topological polar surface area (TPSA) is 51.1 Å². The molecule has 2 saturated heterocycles. The van der Waals surface area contributed by atoms with Crippen molar-refractivity contribution in [2.45, 2.75) is 30.8 Å². The second kappa shape index (κ2) is 5.79. The summed E-state index contributed by atoms with van der Waals surface area (Å²) in [4.78, 5) is 6.46. The highest BCUT2D eigenvalue weighted by molar-refractivity contribution is 8.01. The van der Waals surface area contributed by atoms with E-state index in [9.17, 15) is 0 Å². The van der Waals surface area contributed by atoms with Crippen molar-refractivity contribution < 1.29 is 4.74 Å². The van der Waals surface area contributed by atoms with Gasteiger partial charge in [-0.25, -0.2) is 0 Å². The Kier molecular flexibility index (Phi) is 3.79. The van der Waals surface area contributed by atoms with E-state index in [1.165, 1.54) is 0 Å². The molecule has 2 aliphatic rings. The normalized spacial score (nSPS) is 23.0. The van der Waals surface area contributed by atoms with Crippen LogP contribution >= 0.6 is 23.1 Å². The fraction of sp³-hybridized carbons (Fsp3) is 0.533. The van der Waals surface area contributed by atoms with Crippen LogP contribution in [0.25, 0.3) is 0 Å². The van der Waals surface area contributed by atoms with Crippen molar-refractivity contribution >= 4 is 28.2 Å². The Morgan fingerprint density at radius 1 is 1.41 bits per heavy atom. The first-order valence-electron chi connectivity index (χ1n) is 7.42. The second-order valence-electron chi connectivity index (χ2n) is 5.95. The lowest BCUT2D eigenvalue weighted by Gasteiger charge is -2.47. The molecule has 2 aliphatic heterocycles. The number of anilines is 1. The van der Waals surface area contributed by atoms with Crippen molar-refractivity contribution in [2.75, 3.05) is 23.7 Å². The van der Waals surface area contributed by atoms with Gasteiger partial charge >= 0.3 is 0 Å². The van der Waals surface area contributed by atoms with Crippen LogP contribution < -0.4 is 4.90 Å². The van der Waals surface area contributed by atoms with Crippen LogP contribution in [0.5, 0.6) is 0 Å². The molecule has 116 valence electrons. The molecule has 1 spiro atoms. The van der Waals surface area contributed by atoms with Crippen LogP contribution in [0.2, 0.25) is 0 Å². The van der Waals surface area contributed by atoms with E-state index in [2.05, 4.69) is 37.9 Å². The molecule has 0 aromatic carbocycles. The summed E-state index contributed by atoms with van der Waals surface area (Å²) in [5.74, 6) is 1.09. The first-order chi connectivity index (χ1) is 10.7. The molecular formula is C15H18N4OS2. The Morgan fingerprint density at radius 3 is 3.05 bits per heavy atom. The van der Waals surface area contributed by atoms with Crippen LogP contribution in [-0.4, -0.2) is 44.9 Å². The Morgan fingerprint density at radius 2 is 2.32 bits per heavy atom. The maximum Gasteiger partial charge on any atom is 0.208 e. The molecule has 2 aromatic heterocycles. The van der Waals surface area contributed by atoms with Crippen molar-refractivity contribution in [1.82, 2.24) is 15.2 Å². The van der Waals surface area contributed by atoms with Gasteiger partial charge in [-0.2, -0.15) is 0 Å². The number of rotatable bonds is 4. The minimum atomic E-state index is 0.350. The van der Waals surface area contributed by atoms with Crippen LogP contribution in [0.4, 0.5) is 5.13 Å². The molecule has 4 heterocycles. The molecule has 0 bridgehead atoms. The van der Waals surface area contributed by atoms with Gasteiger partial charge in [0.25, 0.3) is 0 Å². The zero-order chi connectivity index (χ0) is 15.0. The van der Waals surface area contributed by atoms with Crippen molar-refractivity contribution in [3.05, 3.63) is 35.1 Å². The van der Waals surface area contributed by atoms with Crippen molar-refractivity contribution in [2.24, 2.45) is 0 Å². The van der Waals surface area contributed by atoms with E-state index in [1.54, 1.807) is 17.5 Å². The molecule has 2 fully saturated rings. The van der Waals surface area contributed by atoms with E-state index >= 15 is 0 Å². The number of pyridine rings is 1. The predicted molar refractivity (Wildman–Crippen MR) is 89.5 cm³/mol. The monoisotopic (exact) mass is 334 g/mol. The summed E-state index contributed by atoms with van der Waals surface area (Å²) in [6.45, 7) is 4.80. The van der Waals surface area contributed by atoms with Crippen LogP contribution in [0.3, 0.4) is 0 Å².